The van der Waals surface area contributed by atoms with Crippen LogP contribution < -0.4 is 15.4 Å². The number of nitrogens with zero attached hydrogens (tertiary/aromatic N) is 2. The van der Waals surface area contributed by atoms with Gasteiger partial charge in [-0.1, -0.05) is 17.7 Å². The molecule has 0 unspecified atom stereocenters. The Labute approximate surface area is 127 Å². The second-order valence-electron chi connectivity index (χ2n) is 4.07. The highest BCUT2D eigenvalue weighted by Crippen LogP contribution is 2.19. The first-order valence-corrected chi connectivity index (χ1v) is 6.78. The lowest BCUT2D eigenvalue weighted by molar-refractivity contribution is 0.235. The number of pyridine rings is 2. The Morgan fingerprint density at radius 2 is 2.00 bits per heavy atom. The van der Waals surface area contributed by atoms with E-state index in [9.17, 15) is 4.79 Å². The highest BCUT2D eigenvalue weighted by atomic mass is 35.5. The zero-order chi connectivity index (χ0) is 14.9. The molecule has 0 aliphatic heterocycles. The number of urea groups is 1. The summed E-state index contributed by atoms with van der Waals surface area (Å²) in [6.45, 7) is 1.01. The Morgan fingerprint density at radius 3 is 2.76 bits per heavy atom. The quantitative estimate of drug-likeness (QED) is 0.800. The zero-order valence-corrected chi connectivity index (χ0v) is 12.0. The second kappa shape index (κ2) is 8.06. The third-order valence-electron chi connectivity index (χ3n) is 2.51. The summed E-state index contributed by atoms with van der Waals surface area (Å²) in [5.41, 5.74) is 0.796. The first-order valence-electron chi connectivity index (χ1n) is 6.40. The number of aromatic nitrogens is 2. The number of hydrogen-bond acceptors (Lipinski definition) is 4. The van der Waals surface area contributed by atoms with E-state index in [-0.39, 0.29) is 12.6 Å². The van der Waals surface area contributed by atoms with Crippen molar-refractivity contribution in [3.05, 3.63) is 53.4 Å². The van der Waals surface area contributed by atoms with Crippen LogP contribution in [0, 0.1) is 0 Å². The van der Waals surface area contributed by atoms with E-state index in [4.69, 9.17) is 16.3 Å². The van der Waals surface area contributed by atoms with Crippen molar-refractivity contribution in [2.24, 2.45) is 0 Å². The zero-order valence-electron chi connectivity index (χ0n) is 11.3. The van der Waals surface area contributed by atoms with Gasteiger partial charge in [0, 0.05) is 12.4 Å². The standard InChI is InChI=1S/C14H15ClN4O2/c15-12-5-3-7-17-13(12)21-9-8-18-14(20)19-10-11-4-1-2-6-16-11/h1-7H,8-10H2,(H2,18,19,20). The molecule has 0 radical (unpaired) electrons. The molecule has 0 atom stereocenters. The molecule has 0 spiro atoms. The van der Waals surface area contributed by atoms with Gasteiger partial charge in [0.05, 0.1) is 18.8 Å². The largest absolute Gasteiger partial charge is 0.475 e. The van der Waals surface area contributed by atoms with Crippen molar-refractivity contribution in [1.82, 2.24) is 20.6 Å². The minimum absolute atomic E-state index is 0.281. The molecular formula is C14H15ClN4O2. The first-order chi connectivity index (χ1) is 10.3. The Hall–Kier alpha value is -2.34. The molecule has 110 valence electrons. The van der Waals surface area contributed by atoms with Crippen LogP contribution in [0.15, 0.2) is 42.7 Å². The van der Waals surface area contributed by atoms with E-state index in [2.05, 4.69) is 20.6 Å². The molecule has 2 aromatic rings. The van der Waals surface area contributed by atoms with Gasteiger partial charge in [0.1, 0.15) is 11.6 Å². The minimum Gasteiger partial charge on any atom is -0.475 e. The lowest BCUT2D eigenvalue weighted by Crippen LogP contribution is -2.37. The van der Waals surface area contributed by atoms with Crippen LogP contribution in [0.25, 0.3) is 0 Å². The van der Waals surface area contributed by atoms with Crippen molar-refractivity contribution in [1.29, 1.82) is 0 Å². The van der Waals surface area contributed by atoms with Crippen LogP contribution >= 0.6 is 11.6 Å². The van der Waals surface area contributed by atoms with Crippen LogP contribution in [0.3, 0.4) is 0 Å². The summed E-state index contributed by atoms with van der Waals surface area (Å²) >= 11 is 5.89. The maximum Gasteiger partial charge on any atom is 0.315 e. The summed E-state index contributed by atoms with van der Waals surface area (Å²) in [6.07, 6.45) is 3.27. The number of rotatable bonds is 6. The third kappa shape index (κ3) is 5.27. The lowest BCUT2D eigenvalue weighted by Gasteiger charge is -2.09. The van der Waals surface area contributed by atoms with Crippen LogP contribution in [-0.2, 0) is 6.54 Å². The molecule has 2 heterocycles. The van der Waals surface area contributed by atoms with Gasteiger partial charge in [-0.05, 0) is 24.3 Å². The average molecular weight is 307 g/mol. The SMILES string of the molecule is O=C(NCCOc1ncccc1Cl)NCc1ccccn1. The Morgan fingerprint density at radius 1 is 1.14 bits per heavy atom. The van der Waals surface area contributed by atoms with Gasteiger partial charge in [0.2, 0.25) is 5.88 Å². The van der Waals surface area contributed by atoms with E-state index in [1.165, 1.54) is 0 Å². The first kappa shape index (κ1) is 15.1. The normalized spacial score (nSPS) is 9.95. The van der Waals surface area contributed by atoms with E-state index < -0.39 is 0 Å². The van der Waals surface area contributed by atoms with Crippen molar-refractivity contribution < 1.29 is 9.53 Å². The topological polar surface area (TPSA) is 76.1 Å². The van der Waals surface area contributed by atoms with E-state index >= 15 is 0 Å². The van der Waals surface area contributed by atoms with Gasteiger partial charge in [0.15, 0.2) is 0 Å². The molecule has 0 bridgehead atoms. The molecule has 2 rings (SSSR count). The maximum atomic E-state index is 11.5. The van der Waals surface area contributed by atoms with Gasteiger partial charge in [0.25, 0.3) is 0 Å². The van der Waals surface area contributed by atoms with Crippen molar-refractivity contribution >= 4 is 17.6 Å². The molecule has 0 fully saturated rings. The average Bonchev–Trinajstić information content (AvgIpc) is 2.52. The van der Waals surface area contributed by atoms with Crippen LogP contribution in [0.2, 0.25) is 5.02 Å². The highest BCUT2D eigenvalue weighted by molar-refractivity contribution is 6.31. The number of ether oxygens (including phenoxy) is 1. The van der Waals surface area contributed by atoms with Gasteiger partial charge in [-0.3, -0.25) is 4.98 Å². The van der Waals surface area contributed by atoms with Gasteiger partial charge < -0.3 is 15.4 Å². The van der Waals surface area contributed by atoms with Crippen LogP contribution in [0.1, 0.15) is 5.69 Å². The molecule has 0 saturated heterocycles. The summed E-state index contributed by atoms with van der Waals surface area (Å²) in [4.78, 5) is 19.6. The fraction of sp³-hybridized carbons (Fsp3) is 0.214. The summed E-state index contributed by atoms with van der Waals surface area (Å²) in [5, 5.41) is 5.81. The Kier molecular flexibility index (Phi) is 5.78. The van der Waals surface area contributed by atoms with Crippen LogP contribution in [-0.4, -0.2) is 29.2 Å². The molecule has 0 aromatic carbocycles. The Balaban J connectivity index is 1.62. The Bertz CT molecular complexity index is 580. The summed E-state index contributed by atoms with van der Waals surface area (Å²) in [6, 6.07) is 8.66. The molecule has 0 aliphatic carbocycles. The van der Waals surface area contributed by atoms with Gasteiger partial charge in [-0.25, -0.2) is 9.78 Å². The minimum atomic E-state index is -0.281. The van der Waals surface area contributed by atoms with Crippen LogP contribution in [0.4, 0.5) is 4.79 Å². The van der Waals surface area contributed by atoms with Gasteiger partial charge in [-0.15, -0.1) is 0 Å². The lowest BCUT2D eigenvalue weighted by atomic mass is 10.3. The number of carbonyl (C=O) groups is 1. The molecule has 0 saturated carbocycles. The summed E-state index contributed by atoms with van der Waals surface area (Å²) in [7, 11) is 0. The van der Waals surface area contributed by atoms with E-state index in [0.29, 0.717) is 24.0 Å². The second-order valence-corrected chi connectivity index (χ2v) is 4.48. The summed E-state index contributed by atoms with van der Waals surface area (Å²) in [5.74, 6) is 0.356. The fourth-order valence-electron chi connectivity index (χ4n) is 1.53. The molecule has 2 N–H and O–H groups in total. The smallest absolute Gasteiger partial charge is 0.315 e. The highest BCUT2D eigenvalue weighted by Gasteiger charge is 2.03. The van der Waals surface area contributed by atoms with E-state index in [1.54, 1.807) is 24.5 Å². The number of amides is 2. The number of nitrogens with one attached hydrogen (secondary N) is 2. The third-order valence-corrected chi connectivity index (χ3v) is 2.79. The molecule has 7 heteroatoms. The predicted octanol–water partition coefficient (Wildman–Crippen LogP) is 2.01. The molecule has 0 aliphatic rings. The molecule has 21 heavy (non-hydrogen) atoms. The van der Waals surface area contributed by atoms with E-state index in [1.807, 2.05) is 18.2 Å². The van der Waals surface area contributed by atoms with Crippen molar-refractivity contribution in [3.8, 4) is 5.88 Å². The molecule has 2 aromatic heterocycles. The maximum absolute atomic E-state index is 11.5. The van der Waals surface area contributed by atoms with E-state index in [0.717, 1.165) is 5.69 Å². The van der Waals surface area contributed by atoms with Gasteiger partial charge >= 0.3 is 6.03 Å². The monoisotopic (exact) mass is 306 g/mol. The summed E-state index contributed by atoms with van der Waals surface area (Å²) < 4.78 is 5.35. The van der Waals surface area contributed by atoms with Crippen molar-refractivity contribution in [3.63, 3.8) is 0 Å². The molecule has 2 amide bonds. The fourth-order valence-corrected chi connectivity index (χ4v) is 1.70. The van der Waals surface area contributed by atoms with Crippen molar-refractivity contribution in [2.45, 2.75) is 6.54 Å². The number of hydrogen-bond donors (Lipinski definition) is 2. The molecular weight excluding hydrogens is 292 g/mol. The number of carbonyl (C=O) groups excluding carboxylic acids is 1. The predicted molar refractivity (Wildman–Crippen MR) is 79.2 cm³/mol. The van der Waals surface area contributed by atoms with Crippen molar-refractivity contribution in [2.75, 3.05) is 13.2 Å². The van der Waals surface area contributed by atoms with Gasteiger partial charge in [-0.2, -0.15) is 0 Å². The van der Waals surface area contributed by atoms with Crippen LogP contribution in [0.5, 0.6) is 5.88 Å². The number of halogens is 1. The molecule has 6 nitrogen and oxygen atoms in total.